The van der Waals surface area contributed by atoms with Crippen molar-refractivity contribution in [2.45, 2.75) is 32.6 Å². The summed E-state index contributed by atoms with van der Waals surface area (Å²) in [6.45, 7) is 3.02. The maximum Gasteiger partial charge on any atom is 0.337 e. The zero-order valence-corrected chi connectivity index (χ0v) is 10.7. The first kappa shape index (κ1) is 12.7. The quantitative estimate of drug-likeness (QED) is 0.716. The summed E-state index contributed by atoms with van der Waals surface area (Å²) in [5.41, 5.74) is 7.42. The van der Waals surface area contributed by atoms with Crippen molar-refractivity contribution in [3.63, 3.8) is 0 Å². The van der Waals surface area contributed by atoms with E-state index >= 15 is 0 Å². The van der Waals surface area contributed by atoms with Gasteiger partial charge >= 0.3 is 5.97 Å². The van der Waals surface area contributed by atoms with Gasteiger partial charge in [0.05, 0.1) is 16.9 Å². The molecule has 1 aliphatic rings. The zero-order valence-electron chi connectivity index (χ0n) is 10.7. The molecule has 0 atom stereocenters. The molecule has 0 unspecified atom stereocenters. The van der Waals surface area contributed by atoms with Crippen molar-refractivity contribution in [1.29, 1.82) is 0 Å². The number of aromatic carboxylic acids is 1. The van der Waals surface area contributed by atoms with Gasteiger partial charge < -0.3 is 16.2 Å². The van der Waals surface area contributed by atoms with Crippen LogP contribution in [0.1, 0.15) is 43.0 Å². The van der Waals surface area contributed by atoms with E-state index in [1.165, 1.54) is 25.7 Å². The average molecular weight is 248 g/mol. The summed E-state index contributed by atoms with van der Waals surface area (Å²) in [4.78, 5) is 11.2. The minimum atomic E-state index is -0.943. The van der Waals surface area contributed by atoms with Crippen molar-refractivity contribution in [2.24, 2.45) is 5.41 Å². The van der Waals surface area contributed by atoms with E-state index < -0.39 is 5.97 Å². The topological polar surface area (TPSA) is 75.3 Å². The van der Waals surface area contributed by atoms with Crippen LogP contribution in [0.4, 0.5) is 11.4 Å². The molecule has 1 aromatic rings. The Hall–Kier alpha value is -1.71. The summed E-state index contributed by atoms with van der Waals surface area (Å²) in [5, 5.41) is 12.4. The highest BCUT2D eigenvalue weighted by atomic mass is 16.4. The molecule has 1 fully saturated rings. The number of nitrogen functional groups attached to an aromatic ring is 1. The average Bonchev–Trinajstić information content (AvgIpc) is 2.74. The Kier molecular flexibility index (Phi) is 3.45. The molecule has 1 aromatic carbocycles. The Bertz CT molecular complexity index is 451. The van der Waals surface area contributed by atoms with Gasteiger partial charge in [0.1, 0.15) is 0 Å². The summed E-state index contributed by atoms with van der Waals surface area (Å²) in [7, 11) is 0. The highest BCUT2D eigenvalue weighted by molar-refractivity contribution is 5.97. The SMILES string of the molecule is CC1(CNc2c(N)cccc2C(=O)O)CCCC1. The molecule has 2 rings (SSSR count). The third-order valence-electron chi connectivity index (χ3n) is 3.83. The van der Waals surface area contributed by atoms with Crippen molar-refractivity contribution in [3.05, 3.63) is 23.8 Å². The number of hydrogen-bond acceptors (Lipinski definition) is 3. The normalized spacial score (nSPS) is 17.6. The van der Waals surface area contributed by atoms with Crippen LogP contribution >= 0.6 is 0 Å². The molecule has 0 spiro atoms. The van der Waals surface area contributed by atoms with E-state index in [1.54, 1.807) is 18.2 Å². The van der Waals surface area contributed by atoms with Crippen LogP contribution in [-0.2, 0) is 0 Å². The second kappa shape index (κ2) is 4.88. The number of nitrogens with one attached hydrogen (secondary N) is 1. The molecule has 0 heterocycles. The molecule has 4 nitrogen and oxygen atoms in total. The second-order valence-corrected chi connectivity index (χ2v) is 5.45. The maximum absolute atomic E-state index is 11.2. The Labute approximate surface area is 107 Å². The van der Waals surface area contributed by atoms with Crippen LogP contribution in [0.25, 0.3) is 0 Å². The summed E-state index contributed by atoms with van der Waals surface area (Å²) in [6, 6.07) is 4.98. The molecular formula is C14H20N2O2. The lowest BCUT2D eigenvalue weighted by molar-refractivity contribution is 0.0698. The van der Waals surface area contributed by atoms with Gasteiger partial charge in [0.25, 0.3) is 0 Å². The Balaban J connectivity index is 2.15. The van der Waals surface area contributed by atoms with Crippen LogP contribution in [0.3, 0.4) is 0 Å². The standard InChI is InChI=1S/C14H20N2O2/c1-14(7-2-3-8-14)9-16-12-10(13(17)18)5-4-6-11(12)15/h4-6,16H,2-3,7-9,15H2,1H3,(H,17,18). The summed E-state index contributed by atoms with van der Waals surface area (Å²) >= 11 is 0. The molecule has 0 amide bonds. The number of carbonyl (C=O) groups is 1. The Morgan fingerprint density at radius 2 is 2.11 bits per heavy atom. The fourth-order valence-corrected chi connectivity index (χ4v) is 2.65. The number of para-hydroxylation sites is 1. The van der Waals surface area contributed by atoms with Crippen molar-refractivity contribution < 1.29 is 9.90 Å². The molecule has 0 bridgehead atoms. The molecule has 1 aliphatic carbocycles. The minimum absolute atomic E-state index is 0.247. The fourth-order valence-electron chi connectivity index (χ4n) is 2.65. The third kappa shape index (κ3) is 2.58. The fraction of sp³-hybridized carbons (Fsp3) is 0.500. The second-order valence-electron chi connectivity index (χ2n) is 5.45. The van der Waals surface area contributed by atoms with Crippen LogP contribution in [0.15, 0.2) is 18.2 Å². The lowest BCUT2D eigenvalue weighted by Crippen LogP contribution is -2.24. The van der Waals surface area contributed by atoms with Gasteiger partial charge in [-0.25, -0.2) is 4.79 Å². The molecule has 0 aliphatic heterocycles. The van der Waals surface area contributed by atoms with Crippen molar-refractivity contribution >= 4 is 17.3 Å². The number of benzene rings is 1. The van der Waals surface area contributed by atoms with E-state index in [-0.39, 0.29) is 11.0 Å². The predicted octanol–water partition coefficient (Wildman–Crippen LogP) is 2.96. The number of carboxylic acid groups (broad SMARTS) is 1. The molecular weight excluding hydrogens is 228 g/mol. The van der Waals surface area contributed by atoms with Crippen molar-refractivity contribution in [2.75, 3.05) is 17.6 Å². The molecule has 18 heavy (non-hydrogen) atoms. The van der Waals surface area contributed by atoms with E-state index in [4.69, 9.17) is 10.8 Å². The number of carboxylic acids is 1. The van der Waals surface area contributed by atoms with Gasteiger partial charge in [-0.2, -0.15) is 0 Å². The number of anilines is 2. The van der Waals surface area contributed by atoms with E-state index in [9.17, 15) is 4.79 Å². The van der Waals surface area contributed by atoms with Crippen LogP contribution in [0.2, 0.25) is 0 Å². The number of nitrogens with two attached hydrogens (primary N) is 1. The molecule has 4 heteroatoms. The smallest absolute Gasteiger partial charge is 0.337 e. The van der Waals surface area contributed by atoms with Crippen LogP contribution in [0.5, 0.6) is 0 Å². The number of hydrogen-bond donors (Lipinski definition) is 3. The molecule has 4 N–H and O–H groups in total. The lowest BCUT2D eigenvalue weighted by Gasteiger charge is -2.25. The molecule has 0 saturated heterocycles. The van der Waals surface area contributed by atoms with Gasteiger partial charge in [0.15, 0.2) is 0 Å². The highest BCUT2D eigenvalue weighted by Gasteiger charge is 2.28. The molecule has 0 aromatic heterocycles. The predicted molar refractivity (Wildman–Crippen MR) is 72.9 cm³/mol. The molecule has 1 saturated carbocycles. The van der Waals surface area contributed by atoms with Crippen molar-refractivity contribution in [1.82, 2.24) is 0 Å². The van der Waals surface area contributed by atoms with Crippen LogP contribution < -0.4 is 11.1 Å². The van der Waals surface area contributed by atoms with Crippen LogP contribution in [0, 0.1) is 5.41 Å². The Morgan fingerprint density at radius 3 is 2.72 bits per heavy atom. The van der Waals surface area contributed by atoms with Crippen LogP contribution in [-0.4, -0.2) is 17.6 Å². The molecule has 98 valence electrons. The van der Waals surface area contributed by atoms with Gasteiger partial charge in [0, 0.05) is 6.54 Å². The van der Waals surface area contributed by atoms with E-state index in [1.807, 2.05) is 0 Å². The maximum atomic E-state index is 11.2. The van der Waals surface area contributed by atoms with Gasteiger partial charge in [-0.3, -0.25) is 0 Å². The van der Waals surface area contributed by atoms with E-state index in [0.717, 1.165) is 6.54 Å². The van der Waals surface area contributed by atoms with E-state index in [2.05, 4.69) is 12.2 Å². The summed E-state index contributed by atoms with van der Waals surface area (Å²) in [6.07, 6.45) is 4.90. The Morgan fingerprint density at radius 1 is 1.44 bits per heavy atom. The largest absolute Gasteiger partial charge is 0.478 e. The number of rotatable bonds is 4. The first-order valence-corrected chi connectivity index (χ1v) is 6.37. The molecule has 0 radical (unpaired) electrons. The lowest BCUT2D eigenvalue weighted by atomic mass is 9.88. The van der Waals surface area contributed by atoms with Gasteiger partial charge in [-0.05, 0) is 30.4 Å². The first-order chi connectivity index (χ1) is 8.52. The summed E-state index contributed by atoms with van der Waals surface area (Å²) < 4.78 is 0. The first-order valence-electron chi connectivity index (χ1n) is 6.37. The van der Waals surface area contributed by atoms with E-state index in [0.29, 0.717) is 11.4 Å². The van der Waals surface area contributed by atoms with Gasteiger partial charge in [0.2, 0.25) is 0 Å². The van der Waals surface area contributed by atoms with Gasteiger partial charge in [-0.15, -0.1) is 0 Å². The third-order valence-corrected chi connectivity index (χ3v) is 3.83. The monoisotopic (exact) mass is 248 g/mol. The zero-order chi connectivity index (χ0) is 13.2. The van der Waals surface area contributed by atoms with Gasteiger partial charge in [-0.1, -0.05) is 25.8 Å². The minimum Gasteiger partial charge on any atom is -0.478 e. The van der Waals surface area contributed by atoms with Crippen molar-refractivity contribution in [3.8, 4) is 0 Å². The highest BCUT2D eigenvalue weighted by Crippen LogP contribution is 2.38. The summed E-state index contributed by atoms with van der Waals surface area (Å²) in [5.74, 6) is -0.943.